The predicted octanol–water partition coefficient (Wildman–Crippen LogP) is 1.49. The molecular formula is C15H29N3O5. The number of amides is 3. The molecule has 0 rings (SSSR count). The summed E-state index contributed by atoms with van der Waals surface area (Å²) in [4.78, 5) is 36.8. The molecule has 0 spiro atoms. The average Bonchev–Trinajstić information content (AvgIpc) is 2.42. The van der Waals surface area contributed by atoms with E-state index in [0.717, 1.165) is 0 Å². The van der Waals surface area contributed by atoms with E-state index in [-0.39, 0.29) is 25.0 Å². The van der Waals surface area contributed by atoms with E-state index in [1.807, 2.05) is 13.8 Å². The number of alkyl carbamates (subject to hydrolysis) is 1. The van der Waals surface area contributed by atoms with Gasteiger partial charge in [0.1, 0.15) is 11.6 Å². The van der Waals surface area contributed by atoms with Crippen LogP contribution in [0.1, 0.15) is 41.0 Å². The maximum atomic E-state index is 12.0. The van der Waals surface area contributed by atoms with Crippen molar-refractivity contribution in [1.82, 2.24) is 15.5 Å². The highest BCUT2D eigenvalue weighted by molar-refractivity contribution is 5.83. The van der Waals surface area contributed by atoms with E-state index >= 15 is 0 Å². The number of nitrogens with zero attached hydrogens (tertiary/aromatic N) is 1. The first kappa shape index (κ1) is 21.0. The van der Waals surface area contributed by atoms with Crippen LogP contribution in [0, 0.1) is 0 Å². The summed E-state index contributed by atoms with van der Waals surface area (Å²) >= 11 is 0. The smallest absolute Gasteiger partial charge is 0.407 e. The minimum absolute atomic E-state index is 0.00631. The van der Waals surface area contributed by atoms with Gasteiger partial charge < -0.3 is 25.0 Å². The summed E-state index contributed by atoms with van der Waals surface area (Å²) in [6, 6.07) is -1.23. The molecule has 1 atom stereocenters. The number of carbonyl (C=O) groups is 3. The first-order valence-corrected chi connectivity index (χ1v) is 7.56. The van der Waals surface area contributed by atoms with Gasteiger partial charge in [0.2, 0.25) is 0 Å². The Labute approximate surface area is 137 Å². The average molecular weight is 331 g/mol. The van der Waals surface area contributed by atoms with E-state index in [1.54, 1.807) is 27.8 Å². The fraction of sp³-hybridized carbons (Fsp3) is 0.800. The molecule has 0 radical (unpaired) electrons. The Hall–Kier alpha value is -1.99. The summed E-state index contributed by atoms with van der Waals surface area (Å²) in [5, 5.41) is 5.13. The second-order valence-electron chi connectivity index (χ2n) is 6.45. The monoisotopic (exact) mass is 331 g/mol. The highest BCUT2D eigenvalue weighted by atomic mass is 16.6. The Bertz CT molecular complexity index is 418. The molecule has 1 unspecified atom stereocenters. The molecule has 8 nitrogen and oxygen atoms in total. The lowest BCUT2D eigenvalue weighted by Gasteiger charge is -2.25. The van der Waals surface area contributed by atoms with Crippen molar-refractivity contribution in [3.8, 4) is 0 Å². The number of urea groups is 1. The number of carbonyl (C=O) groups excluding carboxylic acids is 3. The van der Waals surface area contributed by atoms with Crippen molar-refractivity contribution in [1.29, 1.82) is 0 Å². The standard InChI is InChI=1S/C15H29N3O5/c1-10(2)18(6)13(20)17-11(12(19)22-7)8-9-16-14(21)23-15(3,4)5/h10-11H,8-9H2,1-7H3,(H,16,21)(H,17,20). The molecule has 0 aliphatic carbocycles. The topological polar surface area (TPSA) is 97.0 Å². The van der Waals surface area contributed by atoms with Gasteiger partial charge in [0, 0.05) is 19.6 Å². The predicted molar refractivity (Wildman–Crippen MR) is 86.1 cm³/mol. The second kappa shape index (κ2) is 9.22. The zero-order valence-corrected chi connectivity index (χ0v) is 15.1. The van der Waals surface area contributed by atoms with Gasteiger partial charge in [-0.2, -0.15) is 0 Å². The third-order valence-electron chi connectivity index (χ3n) is 2.98. The van der Waals surface area contributed by atoms with E-state index in [2.05, 4.69) is 15.4 Å². The summed E-state index contributed by atoms with van der Waals surface area (Å²) in [6.45, 7) is 9.15. The molecule has 2 N–H and O–H groups in total. The molecule has 0 heterocycles. The molecule has 0 saturated heterocycles. The third kappa shape index (κ3) is 8.90. The first-order chi connectivity index (χ1) is 10.5. The number of hydrogen-bond acceptors (Lipinski definition) is 5. The van der Waals surface area contributed by atoms with E-state index in [1.165, 1.54) is 12.0 Å². The minimum Gasteiger partial charge on any atom is -0.467 e. The van der Waals surface area contributed by atoms with Crippen LogP contribution in [0.4, 0.5) is 9.59 Å². The van der Waals surface area contributed by atoms with Crippen LogP contribution in [0.25, 0.3) is 0 Å². The highest BCUT2D eigenvalue weighted by Gasteiger charge is 2.24. The minimum atomic E-state index is -0.844. The SMILES string of the molecule is COC(=O)C(CCNC(=O)OC(C)(C)C)NC(=O)N(C)C(C)C. The van der Waals surface area contributed by atoms with Gasteiger partial charge in [-0.05, 0) is 41.0 Å². The Morgan fingerprint density at radius 1 is 1.17 bits per heavy atom. The Balaban J connectivity index is 4.50. The quantitative estimate of drug-likeness (QED) is 0.719. The van der Waals surface area contributed by atoms with Crippen LogP contribution in [0.15, 0.2) is 0 Å². The molecule has 0 fully saturated rings. The van der Waals surface area contributed by atoms with Crippen molar-refractivity contribution in [2.45, 2.75) is 58.7 Å². The van der Waals surface area contributed by atoms with E-state index in [9.17, 15) is 14.4 Å². The van der Waals surface area contributed by atoms with Gasteiger partial charge in [0.15, 0.2) is 0 Å². The number of methoxy groups -OCH3 is 1. The molecule has 134 valence electrons. The molecule has 0 saturated carbocycles. The van der Waals surface area contributed by atoms with E-state index < -0.39 is 23.7 Å². The van der Waals surface area contributed by atoms with Gasteiger partial charge in [0.25, 0.3) is 0 Å². The highest BCUT2D eigenvalue weighted by Crippen LogP contribution is 2.06. The normalized spacial score (nSPS) is 12.3. The van der Waals surface area contributed by atoms with Crippen LogP contribution in [-0.4, -0.2) is 61.4 Å². The Morgan fingerprint density at radius 3 is 2.17 bits per heavy atom. The number of esters is 1. The maximum absolute atomic E-state index is 12.0. The zero-order valence-electron chi connectivity index (χ0n) is 15.1. The molecule has 0 aromatic carbocycles. The van der Waals surface area contributed by atoms with Crippen molar-refractivity contribution < 1.29 is 23.9 Å². The number of nitrogens with one attached hydrogen (secondary N) is 2. The first-order valence-electron chi connectivity index (χ1n) is 7.56. The summed E-state index contributed by atoms with van der Waals surface area (Å²) in [6.07, 6.45) is -0.379. The molecule has 23 heavy (non-hydrogen) atoms. The van der Waals surface area contributed by atoms with Crippen LogP contribution >= 0.6 is 0 Å². The Kier molecular flexibility index (Phi) is 8.42. The maximum Gasteiger partial charge on any atom is 0.407 e. The zero-order chi connectivity index (χ0) is 18.2. The van der Waals surface area contributed by atoms with Crippen LogP contribution in [0.3, 0.4) is 0 Å². The van der Waals surface area contributed by atoms with Crippen LogP contribution in [0.5, 0.6) is 0 Å². The van der Waals surface area contributed by atoms with Gasteiger partial charge >= 0.3 is 18.1 Å². The van der Waals surface area contributed by atoms with Gasteiger partial charge in [-0.3, -0.25) is 0 Å². The van der Waals surface area contributed by atoms with Crippen LogP contribution < -0.4 is 10.6 Å². The lowest BCUT2D eigenvalue weighted by molar-refractivity contribution is -0.143. The van der Waals surface area contributed by atoms with Gasteiger partial charge in [-0.1, -0.05) is 0 Å². The van der Waals surface area contributed by atoms with Crippen molar-refractivity contribution >= 4 is 18.1 Å². The van der Waals surface area contributed by atoms with Crippen molar-refractivity contribution in [2.24, 2.45) is 0 Å². The van der Waals surface area contributed by atoms with Gasteiger partial charge in [-0.25, -0.2) is 14.4 Å². The molecule has 0 aliphatic rings. The van der Waals surface area contributed by atoms with Crippen LogP contribution in [0.2, 0.25) is 0 Å². The molecule has 0 aliphatic heterocycles. The van der Waals surface area contributed by atoms with Gasteiger partial charge in [-0.15, -0.1) is 0 Å². The summed E-state index contributed by atoms with van der Waals surface area (Å²) < 4.78 is 9.77. The fourth-order valence-electron chi connectivity index (χ4n) is 1.51. The number of rotatable bonds is 6. The van der Waals surface area contributed by atoms with E-state index in [0.29, 0.717) is 0 Å². The molecule has 0 aromatic heterocycles. The third-order valence-corrected chi connectivity index (χ3v) is 2.98. The summed E-state index contributed by atoms with van der Waals surface area (Å²) in [5.74, 6) is -0.568. The van der Waals surface area contributed by atoms with E-state index in [4.69, 9.17) is 4.74 Å². The molecule has 0 bridgehead atoms. The molecule has 3 amide bonds. The molecule has 8 heteroatoms. The lowest BCUT2D eigenvalue weighted by Crippen LogP contribution is -2.50. The molecule has 0 aromatic rings. The fourth-order valence-corrected chi connectivity index (χ4v) is 1.51. The number of ether oxygens (including phenoxy) is 2. The van der Waals surface area contributed by atoms with Crippen molar-refractivity contribution in [2.75, 3.05) is 20.7 Å². The number of hydrogen-bond donors (Lipinski definition) is 2. The lowest BCUT2D eigenvalue weighted by atomic mass is 10.2. The second-order valence-corrected chi connectivity index (χ2v) is 6.45. The van der Waals surface area contributed by atoms with Crippen molar-refractivity contribution in [3.05, 3.63) is 0 Å². The van der Waals surface area contributed by atoms with Gasteiger partial charge in [0.05, 0.1) is 7.11 Å². The van der Waals surface area contributed by atoms with Crippen LogP contribution in [-0.2, 0) is 14.3 Å². The van der Waals surface area contributed by atoms with Crippen molar-refractivity contribution in [3.63, 3.8) is 0 Å². The largest absolute Gasteiger partial charge is 0.467 e. The molecular weight excluding hydrogens is 302 g/mol. The Morgan fingerprint density at radius 2 is 1.74 bits per heavy atom. The summed E-state index contributed by atoms with van der Waals surface area (Å²) in [7, 11) is 2.88. The summed E-state index contributed by atoms with van der Waals surface area (Å²) in [5.41, 5.74) is -0.597.